The quantitative estimate of drug-likeness (QED) is 0.621. The van der Waals surface area contributed by atoms with E-state index in [1.807, 2.05) is 0 Å². The largest absolute Gasteiger partial charge is 0.497 e. The van der Waals surface area contributed by atoms with Crippen LogP contribution in [0.3, 0.4) is 0 Å². The van der Waals surface area contributed by atoms with Gasteiger partial charge in [-0.25, -0.2) is 8.78 Å². The fourth-order valence-corrected chi connectivity index (χ4v) is 1.87. The van der Waals surface area contributed by atoms with Gasteiger partial charge < -0.3 is 9.47 Å². The number of halogens is 2. The number of rotatable bonds is 5. The van der Waals surface area contributed by atoms with E-state index in [2.05, 4.69) is 0 Å². The van der Waals surface area contributed by atoms with Crippen LogP contribution < -0.4 is 9.47 Å². The second kappa shape index (κ2) is 6.85. The van der Waals surface area contributed by atoms with Crippen LogP contribution >= 0.6 is 0 Å². The van der Waals surface area contributed by atoms with Crippen LogP contribution in [0.25, 0.3) is 6.08 Å². The topological polar surface area (TPSA) is 35.5 Å². The summed E-state index contributed by atoms with van der Waals surface area (Å²) in [6, 6.07) is 8.16. The van der Waals surface area contributed by atoms with Gasteiger partial charge in [-0.1, -0.05) is 0 Å². The second-order valence-corrected chi connectivity index (χ2v) is 4.43. The SMILES string of the molecule is COc1ccc(/C=C/C(=O)c2ccc(F)c(F)c2)c(OC)c1. The summed E-state index contributed by atoms with van der Waals surface area (Å²) in [7, 11) is 3.04. The number of carbonyl (C=O) groups excluding carboxylic acids is 1. The molecule has 0 saturated carbocycles. The Balaban J connectivity index is 2.24. The van der Waals surface area contributed by atoms with E-state index in [0.717, 1.165) is 12.1 Å². The van der Waals surface area contributed by atoms with Crippen molar-refractivity contribution in [2.24, 2.45) is 0 Å². The third-order valence-corrected chi connectivity index (χ3v) is 3.06. The molecule has 0 heterocycles. The third-order valence-electron chi connectivity index (χ3n) is 3.06. The number of ketones is 1. The molecule has 2 aromatic rings. The van der Waals surface area contributed by atoms with Gasteiger partial charge in [0.15, 0.2) is 17.4 Å². The highest BCUT2D eigenvalue weighted by Gasteiger charge is 2.08. The molecule has 0 saturated heterocycles. The zero-order valence-corrected chi connectivity index (χ0v) is 12.1. The first kappa shape index (κ1) is 15.7. The Morgan fingerprint density at radius 1 is 1.00 bits per heavy atom. The van der Waals surface area contributed by atoms with E-state index >= 15 is 0 Å². The van der Waals surface area contributed by atoms with Crippen molar-refractivity contribution in [3.05, 3.63) is 65.2 Å². The highest BCUT2D eigenvalue weighted by molar-refractivity contribution is 6.06. The average molecular weight is 304 g/mol. The van der Waals surface area contributed by atoms with Crippen molar-refractivity contribution in [2.45, 2.75) is 0 Å². The molecule has 0 bridgehead atoms. The van der Waals surface area contributed by atoms with Crippen LogP contribution in [0.4, 0.5) is 8.78 Å². The molecule has 0 atom stereocenters. The lowest BCUT2D eigenvalue weighted by atomic mass is 10.1. The molecule has 0 radical (unpaired) electrons. The summed E-state index contributed by atoms with van der Waals surface area (Å²) in [5, 5.41) is 0. The highest BCUT2D eigenvalue weighted by Crippen LogP contribution is 2.25. The van der Waals surface area contributed by atoms with Crippen molar-refractivity contribution in [3.63, 3.8) is 0 Å². The van der Waals surface area contributed by atoms with Gasteiger partial charge in [0.25, 0.3) is 0 Å². The van der Waals surface area contributed by atoms with Crippen molar-refractivity contribution in [1.29, 1.82) is 0 Å². The minimum Gasteiger partial charge on any atom is -0.497 e. The number of carbonyl (C=O) groups is 1. The Kier molecular flexibility index (Phi) is 4.88. The zero-order chi connectivity index (χ0) is 16.1. The van der Waals surface area contributed by atoms with E-state index in [4.69, 9.17) is 9.47 Å². The van der Waals surface area contributed by atoms with E-state index in [9.17, 15) is 13.6 Å². The lowest BCUT2D eigenvalue weighted by Gasteiger charge is -2.07. The minimum absolute atomic E-state index is 0.0719. The molecule has 0 spiro atoms. The fraction of sp³-hybridized carbons (Fsp3) is 0.118. The normalized spacial score (nSPS) is 10.7. The molecule has 0 unspecified atom stereocenters. The van der Waals surface area contributed by atoms with Gasteiger partial charge in [-0.3, -0.25) is 4.79 Å². The van der Waals surface area contributed by atoms with Gasteiger partial charge in [-0.2, -0.15) is 0 Å². The van der Waals surface area contributed by atoms with Crippen LogP contribution in [-0.2, 0) is 0 Å². The molecule has 0 N–H and O–H groups in total. The number of hydrogen-bond acceptors (Lipinski definition) is 3. The molecular formula is C17H14F2O3. The van der Waals surface area contributed by atoms with Gasteiger partial charge in [-0.15, -0.1) is 0 Å². The molecule has 0 aromatic heterocycles. The molecule has 0 aliphatic heterocycles. The smallest absolute Gasteiger partial charge is 0.185 e. The van der Waals surface area contributed by atoms with Gasteiger partial charge in [0, 0.05) is 17.2 Å². The number of methoxy groups -OCH3 is 2. The highest BCUT2D eigenvalue weighted by atomic mass is 19.2. The van der Waals surface area contributed by atoms with Gasteiger partial charge in [0.2, 0.25) is 0 Å². The third kappa shape index (κ3) is 3.49. The summed E-state index contributed by atoms with van der Waals surface area (Å²) < 4.78 is 36.3. The standard InChI is InChI=1S/C17H14F2O3/c1-21-13-6-3-11(17(10-13)22-2)5-8-16(20)12-4-7-14(18)15(19)9-12/h3-10H,1-2H3/b8-5+. The van der Waals surface area contributed by atoms with E-state index in [1.54, 1.807) is 24.3 Å². The molecule has 114 valence electrons. The Hall–Kier alpha value is -2.69. The monoisotopic (exact) mass is 304 g/mol. The van der Waals surface area contributed by atoms with Crippen LogP contribution in [0, 0.1) is 11.6 Å². The molecule has 0 amide bonds. The summed E-state index contributed by atoms with van der Waals surface area (Å²) in [4.78, 5) is 12.0. The summed E-state index contributed by atoms with van der Waals surface area (Å²) >= 11 is 0. The lowest BCUT2D eigenvalue weighted by Crippen LogP contribution is -1.97. The van der Waals surface area contributed by atoms with Crippen molar-refractivity contribution in [3.8, 4) is 11.5 Å². The predicted molar refractivity (Wildman–Crippen MR) is 79.3 cm³/mol. The van der Waals surface area contributed by atoms with Gasteiger partial charge in [-0.05, 0) is 42.5 Å². The van der Waals surface area contributed by atoms with Crippen molar-refractivity contribution in [2.75, 3.05) is 14.2 Å². The van der Waals surface area contributed by atoms with Crippen LogP contribution in [0.1, 0.15) is 15.9 Å². The maximum Gasteiger partial charge on any atom is 0.185 e. The van der Waals surface area contributed by atoms with Gasteiger partial charge in [0.05, 0.1) is 14.2 Å². The molecule has 3 nitrogen and oxygen atoms in total. The number of ether oxygens (including phenoxy) is 2. The average Bonchev–Trinajstić information content (AvgIpc) is 2.54. The number of benzene rings is 2. The van der Waals surface area contributed by atoms with Crippen LogP contribution in [0.15, 0.2) is 42.5 Å². The summed E-state index contributed by atoms with van der Waals surface area (Å²) in [5.74, 6) is -1.31. The Morgan fingerprint density at radius 2 is 1.77 bits per heavy atom. The molecule has 0 aliphatic carbocycles. The lowest BCUT2D eigenvalue weighted by molar-refractivity contribution is 0.104. The Labute approximate surface area is 126 Å². The van der Waals surface area contributed by atoms with E-state index < -0.39 is 17.4 Å². The van der Waals surface area contributed by atoms with Gasteiger partial charge >= 0.3 is 0 Å². The van der Waals surface area contributed by atoms with E-state index in [1.165, 1.54) is 26.4 Å². The molecule has 0 fully saturated rings. The van der Waals surface area contributed by atoms with Crippen LogP contribution in [0.2, 0.25) is 0 Å². The molecule has 2 aromatic carbocycles. The summed E-state index contributed by atoms with van der Waals surface area (Å²) in [6.07, 6.45) is 2.82. The van der Waals surface area contributed by atoms with E-state index in [0.29, 0.717) is 17.1 Å². The molecule has 2 rings (SSSR count). The maximum absolute atomic E-state index is 13.1. The molecule has 5 heteroatoms. The van der Waals surface area contributed by atoms with E-state index in [-0.39, 0.29) is 5.56 Å². The van der Waals surface area contributed by atoms with Crippen molar-refractivity contribution >= 4 is 11.9 Å². The van der Waals surface area contributed by atoms with Crippen LogP contribution in [0.5, 0.6) is 11.5 Å². The maximum atomic E-state index is 13.1. The Bertz CT molecular complexity index is 724. The zero-order valence-electron chi connectivity index (χ0n) is 12.1. The minimum atomic E-state index is -1.05. The van der Waals surface area contributed by atoms with Gasteiger partial charge in [0.1, 0.15) is 11.5 Å². The first-order chi connectivity index (χ1) is 10.5. The molecule has 22 heavy (non-hydrogen) atoms. The number of hydrogen-bond donors (Lipinski definition) is 0. The summed E-state index contributed by atoms with van der Waals surface area (Å²) in [5.41, 5.74) is 0.738. The molecular weight excluding hydrogens is 290 g/mol. The Morgan fingerprint density at radius 3 is 2.41 bits per heavy atom. The van der Waals surface area contributed by atoms with Crippen molar-refractivity contribution < 1.29 is 23.0 Å². The summed E-state index contributed by atoms with van der Waals surface area (Å²) in [6.45, 7) is 0. The predicted octanol–water partition coefficient (Wildman–Crippen LogP) is 3.88. The second-order valence-electron chi connectivity index (χ2n) is 4.43. The first-order valence-corrected chi connectivity index (χ1v) is 6.44. The fourth-order valence-electron chi connectivity index (χ4n) is 1.87. The first-order valence-electron chi connectivity index (χ1n) is 6.44. The van der Waals surface area contributed by atoms with Crippen molar-refractivity contribution in [1.82, 2.24) is 0 Å². The number of allylic oxidation sites excluding steroid dienone is 1. The molecule has 0 aliphatic rings. The van der Waals surface area contributed by atoms with Crippen LogP contribution in [-0.4, -0.2) is 20.0 Å².